The molecule has 0 atom stereocenters. The second-order valence-corrected chi connectivity index (χ2v) is 7.94. The second kappa shape index (κ2) is 9.27. The largest absolute Gasteiger partial charge is 0.457 e. The number of thioether (sulfide) groups is 1. The van der Waals surface area contributed by atoms with Gasteiger partial charge in [0.05, 0.1) is 15.5 Å². The lowest BCUT2D eigenvalue weighted by molar-refractivity contribution is -0.384. The van der Waals surface area contributed by atoms with Gasteiger partial charge in [-0.2, -0.15) is 0 Å². The van der Waals surface area contributed by atoms with Gasteiger partial charge in [0.2, 0.25) is 5.91 Å². The van der Waals surface area contributed by atoms with Crippen molar-refractivity contribution < 1.29 is 32.5 Å². The Morgan fingerprint density at radius 1 is 1.15 bits per heavy atom. The van der Waals surface area contributed by atoms with Crippen molar-refractivity contribution in [1.82, 2.24) is 4.90 Å². The number of nitro groups is 1. The molecule has 0 spiro atoms. The number of benzene rings is 2. The zero-order valence-corrected chi connectivity index (χ0v) is 17.8. The number of furan rings is 1. The Hall–Kier alpha value is -4.32. The molecule has 34 heavy (non-hydrogen) atoms. The third-order valence-corrected chi connectivity index (χ3v) is 5.53. The van der Waals surface area contributed by atoms with Crippen LogP contribution in [0.2, 0.25) is 0 Å². The molecule has 1 aromatic heterocycles. The molecule has 2 aromatic carbocycles. The predicted octanol–water partition coefficient (Wildman–Crippen LogP) is 4.81. The first-order chi connectivity index (χ1) is 16.2. The normalized spacial score (nSPS) is 14.6. The van der Waals surface area contributed by atoms with Gasteiger partial charge < -0.3 is 9.73 Å². The number of nitrogens with zero attached hydrogens (tertiary/aromatic N) is 2. The van der Waals surface area contributed by atoms with E-state index in [0.29, 0.717) is 34.1 Å². The molecule has 9 nitrogen and oxygen atoms in total. The van der Waals surface area contributed by atoms with E-state index in [2.05, 4.69) is 5.32 Å². The molecular formula is C22H13F2N3O6S. The van der Waals surface area contributed by atoms with Crippen LogP contribution in [-0.2, 0) is 9.59 Å². The van der Waals surface area contributed by atoms with Crippen LogP contribution in [0.3, 0.4) is 0 Å². The predicted molar refractivity (Wildman–Crippen MR) is 118 cm³/mol. The Balaban J connectivity index is 1.46. The van der Waals surface area contributed by atoms with Gasteiger partial charge in [0.1, 0.15) is 29.7 Å². The Morgan fingerprint density at radius 2 is 1.94 bits per heavy atom. The average molecular weight is 485 g/mol. The van der Waals surface area contributed by atoms with E-state index in [9.17, 15) is 33.3 Å². The van der Waals surface area contributed by atoms with E-state index < -0.39 is 40.2 Å². The summed E-state index contributed by atoms with van der Waals surface area (Å²) in [5.41, 5.74) is 0.0418. The fraction of sp³-hybridized carbons (Fsp3) is 0.0455. The summed E-state index contributed by atoms with van der Waals surface area (Å²) in [5.74, 6) is -2.89. The van der Waals surface area contributed by atoms with Gasteiger partial charge in [-0.3, -0.25) is 29.4 Å². The lowest BCUT2D eigenvalue weighted by atomic mass is 10.1. The number of carbonyl (C=O) groups excluding carboxylic acids is 3. The first kappa shape index (κ1) is 22.9. The highest BCUT2D eigenvalue weighted by Gasteiger charge is 2.36. The van der Waals surface area contributed by atoms with E-state index in [1.807, 2.05) is 0 Å². The molecular weight excluding hydrogens is 472 g/mol. The molecule has 1 saturated heterocycles. The summed E-state index contributed by atoms with van der Waals surface area (Å²) in [6.45, 7) is -0.671. The maximum absolute atomic E-state index is 13.7. The van der Waals surface area contributed by atoms with E-state index in [-0.39, 0.29) is 22.0 Å². The fourth-order valence-corrected chi connectivity index (χ4v) is 3.87. The fourth-order valence-electron chi connectivity index (χ4n) is 3.05. The third kappa shape index (κ3) is 4.86. The molecule has 172 valence electrons. The van der Waals surface area contributed by atoms with Crippen LogP contribution in [0.25, 0.3) is 17.4 Å². The Morgan fingerprint density at radius 3 is 2.68 bits per heavy atom. The van der Waals surface area contributed by atoms with Crippen molar-refractivity contribution in [3.63, 3.8) is 0 Å². The van der Waals surface area contributed by atoms with E-state index in [0.717, 1.165) is 12.1 Å². The van der Waals surface area contributed by atoms with Crippen LogP contribution in [0.4, 0.5) is 25.0 Å². The summed E-state index contributed by atoms with van der Waals surface area (Å²) in [6.07, 6.45) is 1.31. The molecule has 0 unspecified atom stereocenters. The third-order valence-electron chi connectivity index (χ3n) is 4.62. The first-order valence-electron chi connectivity index (χ1n) is 9.56. The number of hydrogen-bond acceptors (Lipinski definition) is 7. The highest BCUT2D eigenvalue weighted by atomic mass is 32.2. The van der Waals surface area contributed by atoms with E-state index in [1.165, 1.54) is 30.3 Å². The van der Waals surface area contributed by atoms with Crippen molar-refractivity contribution >= 4 is 46.3 Å². The number of hydrogen-bond donors (Lipinski definition) is 1. The molecule has 0 aliphatic carbocycles. The maximum Gasteiger partial charge on any atom is 0.294 e. The molecule has 1 N–H and O–H groups in total. The van der Waals surface area contributed by atoms with Gasteiger partial charge in [0.25, 0.3) is 16.8 Å². The van der Waals surface area contributed by atoms with Crippen LogP contribution < -0.4 is 5.32 Å². The van der Waals surface area contributed by atoms with Crippen molar-refractivity contribution in [2.45, 2.75) is 0 Å². The highest BCUT2D eigenvalue weighted by Crippen LogP contribution is 2.33. The van der Waals surface area contributed by atoms with Crippen LogP contribution >= 0.6 is 11.8 Å². The van der Waals surface area contributed by atoms with Crippen molar-refractivity contribution in [1.29, 1.82) is 0 Å². The molecule has 1 aliphatic heterocycles. The molecule has 0 radical (unpaired) electrons. The van der Waals surface area contributed by atoms with Gasteiger partial charge >= 0.3 is 0 Å². The van der Waals surface area contributed by atoms with Gasteiger partial charge in [-0.15, -0.1) is 0 Å². The molecule has 0 bridgehead atoms. The van der Waals surface area contributed by atoms with Crippen molar-refractivity contribution in [3.8, 4) is 11.3 Å². The topological polar surface area (TPSA) is 123 Å². The summed E-state index contributed by atoms with van der Waals surface area (Å²) >= 11 is 0.587. The van der Waals surface area contributed by atoms with Crippen molar-refractivity contribution in [2.75, 3.05) is 11.9 Å². The van der Waals surface area contributed by atoms with Gasteiger partial charge in [-0.25, -0.2) is 8.78 Å². The van der Waals surface area contributed by atoms with Gasteiger partial charge in [-0.05, 0) is 36.0 Å². The lowest BCUT2D eigenvalue weighted by Gasteiger charge is -2.12. The van der Waals surface area contributed by atoms with Crippen LogP contribution in [0, 0.1) is 21.7 Å². The van der Waals surface area contributed by atoms with Crippen LogP contribution in [0.1, 0.15) is 5.76 Å². The number of halogens is 2. The standard InChI is InChI=1S/C22H13F2N3O6S/c23-13-4-6-17(16(24)9-13)25-20(28)11-26-21(29)19(34-22(26)30)10-15-5-7-18(33-15)12-2-1-3-14(8-12)27(31)32/h1-10H,11H2,(H,25,28). The van der Waals surface area contributed by atoms with Crippen LogP contribution in [-0.4, -0.2) is 33.4 Å². The average Bonchev–Trinajstić information content (AvgIpc) is 3.36. The number of carbonyl (C=O) groups is 3. The van der Waals surface area contributed by atoms with Crippen LogP contribution in [0.5, 0.6) is 0 Å². The molecule has 3 aromatic rings. The Labute approximate surface area is 194 Å². The van der Waals surface area contributed by atoms with Gasteiger partial charge in [-0.1, -0.05) is 12.1 Å². The molecule has 1 fully saturated rings. The van der Waals surface area contributed by atoms with Crippen molar-refractivity contribution in [3.05, 3.63) is 87.0 Å². The minimum atomic E-state index is -1.00. The van der Waals surface area contributed by atoms with E-state index >= 15 is 0 Å². The molecule has 0 saturated carbocycles. The van der Waals surface area contributed by atoms with E-state index in [1.54, 1.807) is 12.1 Å². The molecule has 12 heteroatoms. The number of amides is 3. The minimum Gasteiger partial charge on any atom is -0.457 e. The van der Waals surface area contributed by atoms with Gasteiger partial charge in [0, 0.05) is 29.8 Å². The number of non-ortho nitro benzene ring substituents is 1. The number of rotatable bonds is 6. The number of imide groups is 1. The second-order valence-electron chi connectivity index (χ2n) is 6.95. The summed E-state index contributed by atoms with van der Waals surface area (Å²) in [6, 6.07) is 11.4. The van der Waals surface area contributed by atoms with E-state index in [4.69, 9.17) is 4.42 Å². The molecule has 1 aliphatic rings. The van der Waals surface area contributed by atoms with Crippen LogP contribution in [0.15, 0.2) is 63.9 Å². The summed E-state index contributed by atoms with van der Waals surface area (Å²) in [4.78, 5) is 48.1. The number of anilines is 1. The summed E-state index contributed by atoms with van der Waals surface area (Å²) in [5, 5.41) is 12.4. The molecule has 4 rings (SSSR count). The van der Waals surface area contributed by atoms with Gasteiger partial charge in [0.15, 0.2) is 0 Å². The number of nitro benzene ring substituents is 1. The lowest BCUT2D eigenvalue weighted by Crippen LogP contribution is -2.36. The monoisotopic (exact) mass is 485 g/mol. The first-order valence-corrected chi connectivity index (χ1v) is 10.4. The summed E-state index contributed by atoms with van der Waals surface area (Å²) < 4.78 is 32.3. The Kier molecular flexibility index (Phi) is 6.23. The molecule has 3 amide bonds. The smallest absolute Gasteiger partial charge is 0.294 e. The highest BCUT2D eigenvalue weighted by molar-refractivity contribution is 8.18. The maximum atomic E-state index is 13.7. The molecule has 2 heterocycles. The quantitative estimate of drug-likeness (QED) is 0.302. The zero-order chi connectivity index (χ0) is 24.4. The summed E-state index contributed by atoms with van der Waals surface area (Å²) in [7, 11) is 0. The number of nitrogens with one attached hydrogen (secondary N) is 1. The Bertz CT molecular complexity index is 1370. The zero-order valence-electron chi connectivity index (χ0n) is 17.0. The SMILES string of the molecule is O=C(CN1C(=O)SC(=Cc2ccc(-c3cccc([N+](=O)[O-])c3)o2)C1=O)Nc1ccc(F)cc1F. The minimum absolute atomic E-state index is 0.00861. The van der Waals surface area contributed by atoms with Crippen molar-refractivity contribution in [2.24, 2.45) is 0 Å².